The third-order valence-corrected chi connectivity index (χ3v) is 4.38. The third-order valence-electron chi connectivity index (χ3n) is 4.38. The fourth-order valence-corrected chi connectivity index (χ4v) is 2.94. The summed E-state index contributed by atoms with van der Waals surface area (Å²) in [5.41, 5.74) is 0.643. The summed E-state index contributed by atoms with van der Waals surface area (Å²) in [4.78, 5) is 2.69. The van der Waals surface area contributed by atoms with Crippen LogP contribution in [-0.4, -0.2) is 37.1 Å². The molecule has 0 aromatic rings. The van der Waals surface area contributed by atoms with Gasteiger partial charge in [-0.1, -0.05) is 20.8 Å². The van der Waals surface area contributed by atoms with Gasteiger partial charge in [-0.15, -0.1) is 0 Å². The topological polar surface area (TPSA) is 15.3 Å². The molecular formula is C14H28N2. The number of nitrogens with one attached hydrogen (secondary N) is 1. The Morgan fingerprint density at radius 3 is 2.75 bits per heavy atom. The highest BCUT2D eigenvalue weighted by molar-refractivity contribution is 4.97. The van der Waals surface area contributed by atoms with E-state index in [0.29, 0.717) is 5.41 Å². The third kappa shape index (κ3) is 3.21. The van der Waals surface area contributed by atoms with Crippen molar-refractivity contribution < 1.29 is 0 Å². The van der Waals surface area contributed by atoms with Gasteiger partial charge in [-0.2, -0.15) is 0 Å². The molecule has 16 heavy (non-hydrogen) atoms. The first-order valence-corrected chi connectivity index (χ1v) is 7.07. The van der Waals surface area contributed by atoms with Crippen LogP contribution < -0.4 is 5.32 Å². The monoisotopic (exact) mass is 224 g/mol. The van der Waals surface area contributed by atoms with Crippen LogP contribution in [0.3, 0.4) is 0 Å². The van der Waals surface area contributed by atoms with Crippen molar-refractivity contribution >= 4 is 0 Å². The molecular weight excluding hydrogens is 196 g/mol. The van der Waals surface area contributed by atoms with Gasteiger partial charge in [0.05, 0.1) is 0 Å². The Morgan fingerprint density at radius 1 is 1.38 bits per heavy atom. The van der Waals surface area contributed by atoms with E-state index in [-0.39, 0.29) is 0 Å². The van der Waals surface area contributed by atoms with E-state index in [0.717, 1.165) is 12.0 Å². The molecule has 2 aliphatic rings. The zero-order valence-electron chi connectivity index (χ0n) is 11.3. The molecule has 94 valence electrons. The van der Waals surface area contributed by atoms with Crippen molar-refractivity contribution in [2.45, 2.75) is 52.5 Å². The van der Waals surface area contributed by atoms with Crippen LogP contribution in [0.25, 0.3) is 0 Å². The highest BCUT2D eigenvalue weighted by Crippen LogP contribution is 2.51. The maximum Gasteiger partial charge on any atom is 0.0195 e. The van der Waals surface area contributed by atoms with E-state index in [4.69, 9.17) is 0 Å². The summed E-state index contributed by atoms with van der Waals surface area (Å²) in [6, 6.07) is 0.760. The van der Waals surface area contributed by atoms with Gasteiger partial charge in [-0.05, 0) is 50.1 Å². The van der Waals surface area contributed by atoms with Gasteiger partial charge in [0.25, 0.3) is 0 Å². The lowest BCUT2D eigenvalue weighted by atomic mass is 10.0. The second-order valence-electron chi connectivity index (χ2n) is 6.44. The number of hydrogen-bond acceptors (Lipinski definition) is 2. The molecule has 2 fully saturated rings. The Kier molecular flexibility index (Phi) is 3.91. The van der Waals surface area contributed by atoms with Crippen molar-refractivity contribution in [2.24, 2.45) is 11.3 Å². The van der Waals surface area contributed by atoms with Crippen LogP contribution in [-0.2, 0) is 0 Å². The molecule has 1 saturated heterocycles. The van der Waals surface area contributed by atoms with Crippen molar-refractivity contribution in [2.75, 3.05) is 26.2 Å². The SMILES string of the molecule is CCCNC1CCCN(CC2CC2(C)C)C1. The zero-order valence-corrected chi connectivity index (χ0v) is 11.3. The normalized spacial score (nSPS) is 33.9. The van der Waals surface area contributed by atoms with E-state index in [9.17, 15) is 0 Å². The number of piperidine rings is 1. The van der Waals surface area contributed by atoms with Crippen molar-refractivity contribution in [3.05, 3.63) is 0 Å². The minimum absolute atomic E-state index is 0.643. The van der Waals surface area contributed by atoms with Crippen molar-refractivity contribution in [1.82, 2.24) is 10.2 Å². The van der Waals surface area contributed by atoms with E-state index in [1.54, 1.807) is 0 Å². The summed E-state index contributed by atoms with van der Waals surface area (Å²) in [7, 11) is 0. The van der Waals surface area contributed by atoms with E-state index < -0.39 is 0 Å². The van der Waals surface area contributed by atoms with E-state index >= 15 is 0 Å². The number of rotatable bonds is 5. The fourth-order valence-electron chi connectivity index (χ4n) is 2.94. The summed E-state index contributed by atoms with van der Waals surface area (Å²) in [6.07, 6.45) is 5.46. The van der Waals surface area contributed by atoms with Crippen LogP contribution in [0, 0.1) is 11.3 Å². The maximum atomic E-state index is 3.67. The molecule has 2 atom stereocenters. The lowest BCUT2D eigenvalue weighted by Gasteiger charge is -2.33. The first-order valence-electron chi connectivity index (χ1n) is 7.07. The zero-order chi connectivity index (χ0) is 11.6. The second kappa shape index (κ2) is 5.05. The molecule has 0 spiro atoms. The fraction of sp³-hybridized carbons (Fsp3) is 1.00. The standard InChI is InChI=1S/C14H28N2/c1-4-7-15-13-6-5-8-16(11-13)10-12-9-14(12,2)3/h12-13,15H,4-11H2,1-3H3. The number of nitrogens with zero attached hydrogens (tertiary/aromatic N) is 1. The van der Waals surface area contributed by atoms with Gasteiger partial charge >= 0.3 is 0 Å². The Bertz CT molecular complexity index is 225. The summed E-state index contributed by atoms with van der Waals surface area (Å²) in [6.45, 7) is 12.2. The molecule has 1 aliphatic heterocycles. The number of hydrogen-bond donors (Lipinski definition) is 1. The molecule has 0 amide bonds. The molecule has 2 nitrogen and oxygen atoms in total. The van der Waals surface area contributed by atoms with Gasteiger partial charge < -0.3 is 10.2 Å². The highest BCUT2D eigenvalue weighted by Gasteiger charge is 2.46. The average molecular weight is 224 g/mol. The molecule has 2 rings (SSSR count). The molecule has 2 heteroatoms. The van der Waals surface area contributed by atoms with E-state index in [1.165, 1.54) is 51.9 Å². The largest absolute Gasteiger partial charge is 0.313 e. The summed E-state index contributed by atoms with van der Waals surface area (Å²) in [5, 5.41) is 3.67. The van der Waals surface area contributed by atoms with Gasteiger partial charge in [-0.25, -0.2) is 0 Å². The first-order chi connectivity index (χ1) is 7.62. The van der Waals surface area contributed by atoms with E-state index in [2.05, 4.69) is 31.0 Å². The van der Waals surface area contributed by atoms with Crippen LogP contribution >= 0.6 is 0 Å². The first kappa shape index (κ1) is 12.4. The van der Waals surface area contributed by atoms with Gasteiger partial charge in [0.2, 0.25) is 0 Å². The molecule has 0 radical (unpaired) electrons. The molecule has 0 aromatic heterocycles. The van der Waals surface area contributed by atoms with Crippen LogP contribution in [0.2, 0.25) is 0 Å². The molecule has 1 aliphatic carbocycles. The second-order valence-corrected chi connectivity index (χ2v) is 6.44. The van der Waals surface area contributed by atoms with Gasteiger partial charge in [-0.3, -0.25) is 0 Å². The maximum absolute atomic E-state index is 3.67. The minimum atomic E-state index is 0.643. The van der Waals surface area contributed by atoms with Gasteiger partial charge in [0.1, 0.15) is 0 Å². The highest BCUT2D eigenvalue weighted by atomic mass is 15.2. The van der Waals surface area contributed by atoms with Gasteiger partial charge in [0, 0.05) is 19.1 Å². The minimum Gasteiger partial charge on any atom is -0.313 e. The van der Waals surface area contributed by atoms with Crippen molar-refractivity contribution in [3.8, 4) is 0 Å². The van der Waals surface area contributed by atoms with Crippen LogP contribution in [0.1, 0.15) is 46.5 Å². The van der Waals surface area contributed by atoms with Crippen LogP contribution in [0.5, 0.6) is 0 Å². The Balaban J connectivity index is 1.70. The van der Waals surface area contributed by atoms with Gasteiger partial charge in [0.15, 0.2) is 0 Å². The number of likely N-dealkylation sites (tertiary alicyclic amines) is 1. The molecule has 1 N–H and O–H groups in total. The predicted octanol–water partition coefficient (Wildman–Crippen LogP) is 2.50. The molecule has 0 bridgehead atoms. The lowest BCUT2D eigenvalue weighted by Crippen LogP contribution is -2.46. The summed E-state index contributed by atoms with van der Waals surface area (Å²) >= 11 is 0. The van der Waals surface area contributed by atoms with Crippen molar-refractivity contribution in [3.63, 3.8) is 0 Å². The summed E-state index contributed by atoms with van der Waals surface area (Å²) < 4.78 is 0. The molecule has 1 saturated carbocycles. The Morgan fingerprint density at radius 2 is 2.12 bits per heavy atom. The average Bonchev–Trinajstić information content (AvgIpc) is 2.83. The van der Waals surface area contributed by atoms with Crippen LogP contribution in [0.15, 0.2) is 0 Å². The predicted molar refractivity (Wildman–Crippen MR) is 69.6 cm³/mol. The lowest BCUT2D eigenvalue weighted by molar-refractivity contribution is 0.178. The van der Waals surface area contributed by atoms with Crippen LogP contribution in [0.4, 0.5) is 0 Å². The van der Waals surface area contributed by atoms with E-state index in [1.807, 2.05) is 0 Å². The molecule has 0 aromatic carbocycles. The smallest absolute Gasteiger partial charge is 0.0195 e. The summed E-state index contributed by atoms with van der Waals surface area (Å²) in [5.74, 6) is 0.970. The Hall–Kier alpha value is -0.0800. The quantitative estimate of drug-likeness (QED) is 0.772. The van der Waals surface area contributed by atoms with Crippen molar-refractivity contribution in [1.29, 1.82) is 0 Å². The molecule has 1 heterocycles. The Labute approximate surface area is 101 Å². The molecule has 2 unspecified atom stereocenters.